The summed E-state index contributed by atoms with van der Waals surface area (Å²) in [5.41, 5.74) is 17.7. The van der Waals surface area contributed by atoms with Crippen molar-refractivity contribution in [1.29, 1.82) is 0 Å². The molecule has 9 aromatic rings. The number of hydrogen-bond acceptors (Lipinski definition) is 0. The van der Waals surface area contributed by atoms with E-state index in [-0.39, 0.29) is 0 Å². The van der Waals surface area contributed by atoms with Gasteiger partial charge in [0.1, 0.15) is 0 Å². The Labute approximate surface area is 354 Å². The van der Waals surface area contributed by atoms with Crippen molar-refractivity contribution in [1.82, 2.24) is 0 Å². The SMILES string of the molecule is Cc1cc([Si](Cl)(c2cc(C)c(-c3ccccc3)cc2-c2ccccc2)c2cc(C)c(-c3ccccc3)cc2-c2ccccc2)c(-c2ccccc2)cc1-c1ccccc1. The van der Waals surface area contributed by atoms with Crippen molar-refractivity contribution < 1.29 is 0 Å². The first kappa shape index (κ1) is 38.0. The molecule has 0 atom stereocenters. The monoisotopic (exact) mass is 792 g/mol. The lowest BCUT2D eigenvalue weighted by molar-refractivity contribution is 1.45. The summed E-state index contributed by atoms with van der Waals surface area (Å²) in [6, 6.07) is 79.3. The third-order valence-electron chi connectivity index (χ3n) is 11.7. The van der Waals surface area contributed by atoms with Crippen LogP contribution in [0.5, 0.6) is 0 Å². The molecule has 0 aliphatic heterocycles. The lowest BCUT2D eigenvalue weighted by atomic mass is 9.94. The predicted octanol–water partition coefficient (Wildman–Crippen LogP) is 13.8. The second kappa shape index (κ2) is 16.4. The zero-order valence-electron chi connectivity index (χ0n) is 33.7. The Kier molecular flexibility index (Phi) is 10.6. The molecule has 2 heteroatoms. The lowest BCUT2D eigenvalue weighted by Crippen LogP contribution is -2.64. The summed E-state index contributed by atoms with van der Waals surface area (Å²) in [7, 11) is -3.55. The summed E-state index contributed by atoms with van der Waals surface area (Å²) in [5, 5.41) is 3.53. The molecule has 0 saturated carbocycles. The van der Waals surface area contributed by atoms with Crippen LogP contribution >= 0.6 is 11.1 Å². The van der Waals surface area contributed by atoms with Crippen LogP contribution in [-0.4, -0.2) is 7.38 Å². The molecule has 59 heavy (non-hydrogen) atoms. The zero-order chi connectivity index (χ0) is 40.3. The minimum absolute atomic E-state index is 1.15. The molecule has 9 rings (SSSR count). The van der Waals surface area contributed by atoms with Crippen LogP contribution in [0.15, 0.2) is 218 Å². The van der Waals surface area contributed by atoms with Gasteiger partial charge < -0.3 is 0 Å². The van der Waals surface area contributed by atoms with Crippen molar-refractivity contribution in [2.45, 2.75) is 20.8 Å². The van der Waals surface area contributed by atoms with Gasteiger partial charge in [0.05, 0.1) is 0 Å². The van der Waals surface area contributed by atoms with E-state index in [1.165, 1.54) is 65.6 Å². The van der Waals surface area contributed by atoms with E-state index < -0.39 is 7.38 Å². The van der Waals surface area contributed by atoms with Crippen molar-refractivity contribution >= 4 is 34.0 Å². The van der Waals surface area contributed by atoms with Gasteiger partial charge in [0, 0.05) is 0 Å². The van der Waals surface area contributed by atoms with E-state index in [4.69, 9.17) is 11.1 Å². The minimum atomic E-state index is -3.55. The van der Waals surface area contributed by atoms with E-state index in [0.29, 0.717) is 0 Å². The molecule has 0 nitrogen and oxygen atoms in total. The Morgan fingerprint density at radius 2 is 0.441 bits per heavy atom. The van der Waals surface area contributed by atoms with Crippen LogP contribution in [0.25, 0.3) is 66.8 Å². The van der Waals surface area contributed by atoms with Gasteiger partial charge in [-0.2, -0.15) is 0 Å². The molecular weight excluding hydrogens is 748 g/mol. The second-order valence-electron chi connectivity index (χ2n) is 15.5. The molecular formula is C57H45ClSi. The summed E-state index contributed by atoms with van der Waals surface area (Å²) in [6.07, 6.45) is 0. The molecule has 0 aliphatic carbocycles. The van der Waals surface area contributed by atoms with Gasteiger partial charge in [-0.1, -0.05) is 200 Å². The Hall–Kier alpha value is -6.51. The van der Waals surface area contributed by atoms with Crippen molar-refractivity contribution in [2.75, 3.05) is 0 Å². The molecule has 0 heterocycles. The molecule has 0 amide bonds. The summed E-state index contributed by atoms with van der Waals surface area (Å²) in [6.45, 7) is 6.74. The average Bonchev–Trinajstić information content (AvgIpc) is 3.30. The van der Waals surface area contributed by atoms with Gasteiger partial charge in [0.25, 0.3) is 0 Å². The van der Waals surface area contributed by atoms with Gasteiger partial charge in [-0.15, -0.1) is 11.1 Å². The molecule has 284 valence electrons. The van der Waals surface area contributed by atoms with E-state index >= 15 is 0 Å². The van der Waals surface area contributed by atoms with Crippen LogP contribution < -0.4 is 15.6 Å². The van der Waals surface area contributed by atoms with Crippen LogP contribution in [0, 0.1) is 20.8 Å². The molecule has 9 aromatic carbocycles. The Morgan fingerprint density at radius 1 is 0.254 bits per heavy atom. The maximum absolute atomic E-state index is 9.13. The van der Waals surface area contributed by atoms with Crippen molar-refractivity contribution in [3.05, 3.63) is 235 Å². The van der Waals surface area contributed by atoms with Gasteiger partial charge in [0.2, 0.25) is 7.38 Å². The van der Waals surface area contributed by atoms with Crippen molar-refractivity contribution in [2.24, 2.45) is 0 Å². The fourth-order valence-corrected chi connectivity index (χ4v) is 14.1. The standard InChI is InChI=1S/C57H45ClSi/c1-40-34-55(52(46-28-16-7-17-29-46)37-49(40)43-22-10-4-11-23-43)59(58,56-35-41(2)50(44-24-12-5-13-25-44)38-53(56)47-30-18-8-19-31-47)57-36-42(3)51(45-26-14-6-15-27-45)39-54(57)48-32-20-9-21-33-48/h4-39H,1-3H3. The first-order chi connectivity index (χ1) is 28.9. The van der Waals surface area contributed by atoms with Crippen LogP contribution in [0.1, 0.15) is 16.7 Å². The molecule has 0 aromatic heterocycles. The fourth-order valence-electron chi connectivity index (χ4n) is 8.77. The van der Waals surface area contributed by atoms with E-state index in [0.717, 1.165) is 33.4 Å². The quantitative estimate of drug-likeness (QED) is 0.0776. The fraction of sp³-hybridized carbons (Fsp3) is 0.0526. The number of aryl methyl sites for hydroxylation is 3. The smallest absolute Gasteiger partial charge is 0.149 e. The lowest BCUT2D eigenvalue weighted by Gasteiger charge is -2.35. The van der Waals surface area contributed by atoms with E-state index in [1.54, 1.807) is 0 Å². The molecule has 0 spiro atoms. The third kappa shape index (κ3) is 7.29. The molecule has 0 aliphatic rings. The summed E-state index contributed by atoms with van der Waals surface area (Å²) < 4.78 is 0. The Morgan fingerprint density at radius 3 is 0.644 bits per heavy atom. The highest BCUT2D eigenvalue weighted by atomic mass is 35.6. The van der Waals surface area contributed by atoms with Gasteiger partial charge in [-0.3, -0.25) is 0 Å². The second-order valence-corrected chi connectivity index (χ2v) is 20.1. The van der Waals surface area contributed by atoms with Gasteiger partial charge in [-0.05, 0) is 138 Å². The molecule has 0 fully saturated rings. The molecule has 0 N–H and O–H groups in total. The summed E-state index contributed by atoms with van der Waals surface area (Å²) in [5.74, 6) is 0. The summed E-state index contributed by atoms with van der Waals surface area (Å²) in [4.78, 5) is 0. The normalized spacial score (nSPS) is 11.4. The zero-order valence-corrected chi connectivity index (χ0v) is 35.4. The molecule has 0 saturated heterocycles. The van der Waals surface area contributed by atoms with Gasteiger partial charge in [-0.25, -0.2) is 0 Å². The molecule has 0 radical (unpaired) electrons. The highest BCUT2D eigenvalue weighted by Gasteiger charge is 2.44. The van der Waals surface area contributed by atoms with Crippen molar-refractivity contribution in [3.63, 3.8) is 0 Å². The van der Waals surface area contributed by atoms with Crippen LogP contribution in [0.2, 0.25) is 0 Å². The number of benzene rings is 9. The topological polar surface area (TPSA) is 0 Å². The number of rotatable bonds is 9. The van der Waals surface area contributed by atoms with E-state index in [1.807, 2.05) is 0 Å². The number of halogens is 1. The minimum Gasteiger partial charge on any atom is -0.149 e. The predicted molar refractivity (Wildman–Crippen MR) is 257 cm³/mol. The molecule has 0 unspecified atom stereocenters. The van der Waals surface area contributed by atoms with Gasteiger partial charge in [0.15, 0.2) is 0 Å². The van der Waals surface area contributed by atoms with Crippen molar-refractivity contribution in [3.8, 4) is 66.8 Å². The largest absolute Gasteiger partial charge is 0.249 e. The first-order valence-electron chi connectivity index (χ1n) is 20.4. The van der Waals surface area contributed by atoms with Gasteiger partial charge >= 0.3 is 0 Å². The maximum atomic E-state index is 9.13. The Bertz CT molecular complexity index is 2550. The van der Waals surface area contributed by atoms with Crippen LogP contribution in [0.3, 0.4) is 0 Å². The highest BCUT2D eigenvalue weighted by Crippen LogP contribution is 2.38. The highest BCUT2D eigenvalue weighted by molar-refractivity contribution is 7.41. The van der Waals surface area contributed by atoms with E-state index in [2.05, 4.69) is 239 Å². The maximum Gasteiger partial charge on any atom is 0.249 e. The third-order valence-corrected chi connectivity index (χ3v) is 17.0. The van der Waals surface area contributed by atoms with E-state index in [9.17, 15) is 0 Å². The molecule has 0 bridgehead atoms. The Balaban J connectivity index is 1.46. The average molecular weight is 794 g/mol. The van der Waals surface area contributed by atoms with Crippen LogP contribution in [0.4, 0.5) is 0 Å². The first-order valence-corrected chi connectivity index (χ1v) is 23.4. The number of hydrogen-bond donors (Lipinski definition) is 0. The van der Waals surface area contributed by atoms with Crippen LogP contribution in [-0.2, 0) is 0 Å². The summed E-state index contributed by atoms with van der Waals surface area (Å²) >= 11 is 9.13.